The van der Waals surface area contributed by atoms with Crippen LogP contribution in [0.25, 0.3) is 0 Å². The number of Topliss-reactive ketones (excluding diaryl/α,β-unsaturated/α-hetero) is 1. The van der Waals surface area contributed by atoms with Crippen molar-refractivity contribution in [2.45, 2.75) is 19.8 Å². The number of nitro groups is 1. The lowest BCUT2D eigenvalue weighted by Gasteiger charge is -2.26. The average molecular weight is 262 g/mol. The van der Waals surface area contributed by atoms with E-state index in [-0.39, 0.29) is 17.4 Å². The number of benzene rings is 1. The third-order valence-corrected chi connectivity index (χ3v) is 3.26. The lowest BCUT2D eigenvalue weighted by atomic mass is 10.0. The molecular weight excluding hydrogens is 248 g/mol. The van der Waals surface area contributed by atoms with Gasteiger partial charge in [-0.2, -0.15) is 0 Å². The Labute approximate surface area is 110 Å². The van der Waals surface area contributed by atoms with Crippen molar-refractivity contribution in [3.8, 4) is 0 Å². The number of carbonyl (C=O) groups excluding carboxylic acids is 2. The van der Waals surface area contributed by atoms with Crippen molar-refractivity contribution >= 4 is 17.4 Å². The SMILES string of the molecule is Cc1cc([N+](=O)[O-])ccc1C(=O)N1CCC(=O)CC1. The minimum atomic E-state index is -0.485. The molecule has 1 aromatic carbocycles. The van der Waals surface area contributed by atoms with Crippen molar-refractivity contribution < 1.29 is 14.5 Å². The molecule has 19 heavy (non-hydrogen) atoms. The lowest BCUT2D eigenvalue weighted by Crippen LogP contribution is -2.38. The summed E-state index contributed by atoms with van der Waals surface area (Å²) in [4.78, 5) is 35.2. The van der Waals surface area contributed by atoms with Crippen molar-refractivity contribution in [1.82, 2.24) is 4.90 Å². The first-order valence-corrected chi connectivity index (χ1v) is 6.05. The highest BCUT2D eigenvalue weighted by molar-refractivity contribution is 5.97. The molecule has 0 spiro atoms. The molecule has 1 aliphatic rings. The molecule has 1 aromatic rings. The van der Waals surface area contributed by atoms with Gasteiger partial charge in [-0.15, -0.1) is 0 Å². The first kappa shape index (κ1) is 13.2. The Balaban J connectivity index is 2.19. The molecule has 1 amide bonds. The fourth-order valence-corrected chi connectivity index (χ4v) is 2.13. The summed E-state index contributed by atoms with van der Waals surface area (Å²) in [7, 11) is 0. The molecule has 2 rings (SSSR count). The topological polar surface area (TPSA) is 80.5 Å². The third-order valence-electron chi connectivity index (χ3n) is 3.26. The highest BCUT2D eigenvalue weighted by atomic mass is 16.6. The standard InChI is InChI=1S/C13H14N2O4/c1-9-8-10(15(18)19)2-3-12(9)13(17)14-6-4-11(16)5-7-14/h2-3,8H,4-7H2,1H3. The lowest BCUT2D eigenvalue weighted by molar-refractivity contribution is -0.384. The summed E-state index contributed by atoms with van der Waals surface area (Å²) in [6, 6.07) is 4.20. The summed E-state index contributed by atoms with van der Waals surface area (Å²) in [6.45, 7) is 2.53. The Morgan fingerprint density at radius 3 is 2.47 bits per heavy atom. The Hall–Kier alpha value is -2.24. The number of amides is 1. The molecule has 0 atom stereocenters. The van der Waals surface area contributed by atoms with Crippen molar-refractivity contribution in [3.63, 3.8) is 0 Å². The van der Waals surface area contributed by atoms with E-state index < -0.39 is 4.92 Å². The predicted molar refractivity (Wildman–Crippen MR) is 68.0 cm³/mol. The van der Waals surface area contributed by atoms with Gasteiger partial charge in [0.2, 0.25) is 0 Å². The van der Waals surface area contributed by atoms with Crippen LogP contribution in [0, 0.1) is 17.0 Å². The fourth-order valence-electron chi connectivity index (χ4n) is 2.13. The molecule has 0 saturated carbocycles. The van der Waals surface area contributed by atoms with Gasteiger partial charge in [-0.25, -0.2) is 0 Å². The summed E-state index contributed by atoms with van der Waals surface area (Å²) in [5, 5.41) is 10.6. The van der Waals surface area contributed by atoms with Gasteiger partial charge in [-0.05, 0) is 18.6 Å². The number of rotatable bonds is 2. The molecule has 1 fully saturated rings. The molecule has 100 valence electrons. The predicted octanol–water partition coefficient (Wildman–Crippen LogP) is 1.71. The number of piperidine rings is 1. The maximum Gasteiger partial charge on any atom is 0.269 e. The van der Waals surface area contributed by atoms with Crippen LogP contribution in [0.1, 0.15) is 28.8 Å². The van der Waals surface area contributed by atoms with Crippen molar-refractivity contribution in [2.24, 2.45) is 0 Å². The smallest absolute Gasteiger partial charge is 0.269 e. The summed E-state index contributed by atoms with van der Waals surface area (Å²) in [6.07, 6.45) is 0.773. The Bertz CT molecular complexity index is 544. The molecule has 0 unspecified atom stereocenters. The third kappa shape index (κ3) is 2.78. The molecule has 1 saturated heterocycles. The average Bonchev–Trinajstić information content (AvgIpc) is 2.38. The highest BCUT2D eigenvalue weighted by Gasteiger charge is 2.23. The summed E-state index contributed by atoms with van der Waals surface area (Å²) < 4.78 is 0. The molecule has 6 nitrogen and oxygen atoms in total. The van der Waals surface area contributed by atoms with Crippen LogP contribution in [0.3, 0.4) is 0 Å². The van der Waals surface area contributed by atoms with E-state index in [1.165, 1.54) is 18.2 Å². The van der Waals surface area contributed by atoms with Crippen LogP contribution in [0.2, 0.25) is 0 Å². The fraction of sp³-hybridized carbons (Fsp3) is 0.385. The molecule has 1 aliphatic heterocycles. The quantitative estimate of drug-likeness (QED) is 0.600. The van der Waals surface area contributed by atoms with E-state index in [1.807, 2.05) is 0 Å². The van der Waals surface area contributed by atoms with Gasteiger partial charge in [-0.1, -0.05) is 0 Å². The number of aryl methyl sites for hydroxylation is 1. The van der Waals surface area contributed by atoms with Crippen LogP contribution < -0.4 is 0 Å². The molecule has 0 radical (unpaired) electrons. The van der Waals surface area contributed by atoms with E-state index in [0.717, 1.165) is 0 Å². The zero-order valence-electron chi connectivity index (χ0n) is 10.6. The Kier molecular flexibility index (Phi) is 3.59. The van der Waals surface area contributed by atoms with Crippen LogP contribution >= 0.6 is 0 Å². The second-order valence-electron chi connectivity index (χ2n) is 4.59. The van der Waals surface area contributed by atoms with Crippen LogP contribution in [-0.2, 0) is 4.79 Å². The van der Waals surface area contributed by atoms with Crippen molar-refractivity contribution in [3.05, 3.63) is 39.4 Å². The Morgan fingerprint density at radius 2 is 1.95 bits per heavy atom. The van der Waals surface area contributed by atoms with Crippen molar-refractivity contribution in [2.75, 3.05) is 13.1 Å². The van der Waals surface area contributed by atoms with Gasteiger partial charge in [0.15, 0.2) is 0 Å². The zero-order chi connectivity index (χ0) is 14.0. The number of ketones is 1. The second-order valence-corrected chi connectivity index (χ2v) is 4.59. The molecular formula is C13H14N2O4. The number of nitrogens with zero attached hydrogens (tertiary/aromatic N) is 2. The molecule has 1 heterocycles. The first-order valence-electron chi connectivity index (χ1n) is 6.05. The van der Waals surface area contributed by atoms with E-state index in [4.69, 9.17) is 0 Å². The number of hydrogen-bond acceptors (Lipinski definition) is 4. The molecule has 0 aliphatic carbocycles. The van der Waals surface area contributed by atoms with Gasteiger partial charge in [-0.3, -0.25) is 19.7 Å². The van der Waals surface area contributed by atoms with Crippen molar-refractivity contribution in [1.29, 1.82) is 0 Å². The minimum Gasteiger partial charge on any atom is -0.338 e. The van der Waals surface area contributed by atoms with E-state index >= 15 is 0 Å². The number of nitro benzene ring substituents is 1. The van der Waals surface area contributed by atoms with E-state index in [1.54, 1.807) is 11.8 Å². The van der Waals surface area contributed by atoms with Gasteiger partial charge in [0.05, 0.1) is 4.92 Å². The Morgan fingerprint density at radius 1 is 1.32 bits per heavy atom. The normalized spacial score (nSPS) is 15.4. The largest absolute Gasteiger partial charge is 0.338 e. The molecule has 0 aromatic heterocycles. The monoisotopic (exact) mass is 262 g/mol. The van der Waals surface area contributed by atoms with Gasteiger partial charge in [0, 0.05) is 43.6 Å². The summed E-state index contributed by atoms with van der Waals surface area (Å²) >= 11 is 0. The minimum absolute atomic E-state index is 0.0251. The maximum absolute atomic E-state index is 12.3. The number of non-ortho nitro benzene ring substituents is 1. The summed E-state index contributed by atoms with van der Waals surface area (Å²) in [5.74, 6) is 0.00405. The van der Waals surface area contributed by atoms with E-state index in [2.05, 4.69) is 0 Å². The number of carbonyl (C=O) groups is 2. The van der Waals surface area contributed by atoms with Crippen LogP contribution in [0.5, 0.6) is 0 Å². The number of hydrogen-bond donors (Lipinski definition) is 0. The summed E-state index contributed by atoms with van der Waals surface area (Å²) in [5.41, 5.74) is 1.01. The van der Waals surface area contributed by atoms with Crippen LogP contribution in [0.4, 0.5) is 5.69 Å². The highest BCUT2D eigenvalue weighted by Crippen LogP contribution is 2.19. The van der Waals surface area contributed by atoms with Gasteiger partial charge in [0.1, 0.15) is 5.78 Å². The second kappa shape index (κ2) is 5.17. The van der Waals surface area contributed by atoms with Crippen LogP contribution in [0.15, 0.2) is 18.2 Å². The van der Waals surface area contributed by atoms with Gasteiger partial charge >= 0.3 is 0 Å². The van der Waals surface area contributed by atoms with E-state index in [9.17, 15) is 19.7 Å². The molecule has 0 N–H and O–H groups in total. The first-order chi connectivity index (χ1) is 8.99. The van der Waals surface area contributed by atoms with Gasteiger partial charge < -0.3 is 4.90 Å². The zero-order valence-corrected chi connectivity index (χ0v) is 10.6. The van der Waals surface area contributed by atoms with Gasteiger partial charge in [0.25, 0.3) is 11.6 Å². The number of likely N-dealkylation sites (tertiary alicyclic amines) is 1. The van der Waals surface area contributed by atoms with Crippen LogP contribution in [-0.4, -0.2) is 34.6 Å². The van der Waals surface area contributed by atoms with E-state index in [0.29, 0.717) is 37.1 Å². The maximum atomic E-state index is 12.3. The molecule has 0 bridgehead atoms. The molecule has 6 heteroatoms.